The highest BCUT2D eigenvalue weighted by molar-refractivity contribution is 5.99. The van der Waals surface area contributed by atoms with Crippen molar-refractivity contribution >= 4 is 11.9 Å². The third-order valence-corrected chi connectivity index (χ3v) is 3.00. The third-order valence-electron chi connectivity index (χ3n) is 3.00. The Morgan fingerprint density at radius 3 is 2.47 bits per heavy atom. The summed E-state index contributed by atoms with van der Waals surface area (Å²) < 4.78 is 5.36. The first-order chi connectivity index (χ1) is 8.94. The molecule has 0 saturated heterocycles. The summed E-state index contributed by atoms with van der Waals surface area (Å²) in [5.74, 6) is -1.06. The van der Waals surface area contributed by atoms with Gasteiger partial charge in [-0.25, -0.2) is 4.79 Å². The number of para-hydroxylation sites is 1. The van der Waals surface area contributed by atoms with E-state index in [2.05, 4.69) is 5.32 Å². The van der Waals surface area contributed by atoms with Crippen LogP contribution in [-0.2, 0) is 4.79 Å². The van der Waals surface area contributed by atoms with Gasteiger partial charge in [-0.2, -0.15) is 0 Å². The zero-order valence-corrected chi connectivity index (χ0v) is 11.4. The molecule has 0 aliphatic heterocycles. The number of hydrogen-bond donors (Lipinski definition) is 2. The van der Waals surface area contributed by atoms with Crippen molar-refractivity contribution < 1.29 is 19.4 Å². The van der Waals surface area contributed by atoms with Crippen molar-refractivity contribution in [1.82, 2.24) is 5.32 Å². The third kappa shape index (κ3) is 3.47. The van der Waals surface area contributed by atoms with E-state index in [1.54, 1.807) is 31.2 Å². The van der Waals surface area contributed by atoms with Crippen molar-refractivity contribution in [2.24, 2.45) is 0 Å². The molecule has 1 aromatic carbocycles. The number of hydrogen-bond acceptors (Lipinski definition) is 3. The molecule has 2 N–H and O–H groups in total. The first kappa shape index (κ1) is 15.0. The lowest BCUT2D eigenvalue weighted by Crippen LogP contribution is -2.51. The fourth-order valence-electron chi connectivity index (χ4n) is 1.55. The predicted molar refractivity (Wildman–Crippen MR) is 71.4 cm³/mol. The summed E-state index contributed by atoms with van der Waals surface area (Å²) in [5, 5.41) is 11.7. The number of benzene rings is 1. The molecule has 1 amide bonds. The lowest BCUT2D eigenvalue weighted by atomic mass is 9.98. The Labute approximate surface area is 112 Å². The van der Waals surface area contributed by atoms with E-state index in [1.165, 1.54) is 6.92 Å². The van der Waals surface area contributed by atoms with E-state index in [4.69, 9.17) is 9.84 Å². The van der Waals surface area contributed by atoms with Crippen LogP contribution in [0.5, 0.6) is 5.75 Å². The molecule has 0 spiro atoms. The van der Waals surface area contributed by atoms with Gasteiger partial charge in [0.1, 0.15) is 11.3 Å². The van der Waals surface area contributed by atoms with Gasteiger partial charge in [-0.1, -0.05) is 19.1 Å². The summed E-state index contributed by atoms with van der Waals surface area (Å²) in [5.41, 5.74) is -0.943. The van der Waals surface area contributed by atoms with Gasteiger partial charge in [0.2, 0.25) is 0 Å². The Morgan fingerprint density at radius 2 is 1.95 bits per heavy atom. The molecular formula is C14H19NO4. The number of carbonyl (C=O) groups is 2. The zero-order valence-electron chi connectivity index (χ0n) is 11.4. The highest BCUT2D eigenvalue weighted by Crippen LogP contribution is 2.19. The minimum Gasteiger partial charge on any atom is -0.493 e. The van der Waals surface area contributed by atoms with E-state index in [0.717, 1.165) is 0 Å². The molecule has 0 saturated carbocycles. The fourth-order valence-corrected chi connectivity index (χ4v) is 1.55. The average Bonchev–Trinajstić information content (AvgIpc) is 2.39. The van der Waals surface area contributed by atoms with Crippen molar-refractivity contribution in [3.8, 4) is 5.75 Å². The van der Waals surface area contributed by atoms with Crippen molar-refractivity contribution in [2.75, 3.05) is 6.61 Å². The van der Waals surface area contributed by atoms with Gasteiger partial charge >= 0.3 is 5.97 Å². The number of carbonyl (C=O) groups excluding carboxylic acids is 1. The van der Waals surface area contributed by atoms with Crippen molar-refractivity contribution in [2.45, 2.75) is 32.7 Å². The molecule has 0 fully saturated rings. The lowest BCUT2D eigenvalue weighted by Gasteiger charge is -2.25. The summed E-state index contributed by atoms with van der Waals surface area (Å²) in [6, 6.07) is 6.76. The number of aliphatic carboxylic acids is 1. The minimum absolute atomic E-state index is 0.297. The molecule has 0 aliphatic rings. The zero-order chi connectivity index (χ0) is 14.5. The minimum atomic E-state index is -1.28. The maximum atomic E-state index is 12.2. The summed E-state index contributed by atoms with van der Waals surface area (Å²) in [6.45, 7) is 5.45. The van der Waals surface area contributed by atoms with Gasteiger partial charge in [0.15, 0.2) is 0 Å². The van der Waals surface area contributed by atoms with Crippen LogP contribution in [0.15, 0.2) is 24.3 Å². The van der Waals surface area contributed by atoms with E-state index in [1.807, 2.05) is 6.92 Å². The molecule has 5 nitrogen and oxygen atoms in total. The molecule has 1 atom stereocenters. The number of rotatable bonds is 6. The van der Waals surface area contributed by atoms with Gasteiger partial charge in [0.25, 0.3) is 5.91 Å². The van der Waals surface area contributed by atoms with Crippen LogP contribution < -0.4 is 10.1 Å². The molecule has 0 aliphatic carbocycles. The van der Waals surface area contributed by atoms with E-state index in [-0.39, 0.29) is 0 Å². The highest BCUT2D eigenvalue weighted by Gasteiger charge is 2.33. The smallest absolute Gasteiger partial charge is 0.329 e. The van der Waals surface area contributed by atoms with Crippen molar-refractivity contribution in [3.05, 3.63) is 29.8 Å². The number of ether oxygens (including phenoxy) is 1. The number of nitrogens with one attached hydrogen (secondary N) is 1. The molecule has 19 heavy (non-hydrogen) atoms. The van der Waals surface area contributed by atoms with Gasteiger partial charge in [-0.05, 0) is 32.4 Å². The molecule has 0 aromatic heterocycles. The van der Waals surface area contributed by atoms with Gasteiger partial charge in [0.05, 0.1) is 12.2 Å². The maximum absolute atomic E-state index is 12.2. The van der Waals surface area contributed by atoms with Crippen LogP contribution in [-0.4, -0.2) is 29.1 Å². The average molecular weight is 265 g/mol. The van der Waals surface area contributed by atoms with Crippen LogP contribution in [0.1, 0.15) is 37.6 Å². The van der Waals surface area contributed by atoms with E-state index in [9.17, 15) is 9.59 Å². The maximum Gasteiger partial charge on any atom is 0.329 e. The molecule has 0 heterocycles. The summed E-state index contributed by atoms with van der Waals surface area (Å²) in [4.78, 5) is 23.3. The second kappa shape index (κ2) is 6.22. The predicted octanol–water partition coefficient (Wildman–Crippen LogP) is 2.07. The Hall–Kier alpha value is -2.04. The molecule has 0 bridgehead atoms. The Bertz CT molecular complexity index is 472. The molecular weight excluding hydrogens is 246 g/mol. The second-order valence-corrected chi connectivity index (χ2v) is 4.37. The standard InChI is InChI=1S/C14H19NO4/c1-4-14(3,13(17)18)15-12(16)10-8-6-7-9-11(10)19-5-2/h6-9H,4-5H2,1-3H3,(H,15,16)(H,17,18). The van der Waals surface area contributed by atoms with E-state index >= 15 is 0 Å². The largest absolute Gasteiger partial charge is 0.493 e. The lowest BCUT2D eigenvalue weighted by molar-refractivity contribution is -0.143. The van der Waals surface area contributed by atoms with Crippen LogP contribution in [0.3, 0.4) is 0 Å². The molecule has 0 radical (unpaired) electrons. The number of amides is 1. The van der Waals surface area contributed by atoms with Gasteiger partial charge in [-0.3, -0.25) is 4.79 Å². The normalized spacial score (nSPS) is 13.4. The molecule has 1 rings (SSSR count). The van der Waals surface area contributed by atoms with Crippen LogP contribution in [0.2, 0.25) is 0 Å². The van der Waals surface area contributed by atoms with Crippen molar-refractivity contribution in [1.29, 1.82) is 0 Å². The second-order valence-electron chi connectivity index (χ2n) is 4.37. The molecule has 1 aromatic rings. The van der Waals surface area contributed by atoms with Crippen LogP contribution in [0, 0.1) is 0 Å². The Morgan fingerprint density at radius 1 is 1.32 bits per heavy atom. The van der Waals surface area contributed by atoms with Gasteiger partial charge in [-0.15, -0.1) is 0 Å². The molecule has 1 unspecified atom stereocenters. The highest BCUT2D eigenvalue weighted by atomic mass is 16.5. The quantitative estimate of drug-likeness (QED) is 0.825. The van der Waals surface area contributed by atoms with E-state index in [0.29, 0.717) is 24.3 Å². The fraction of sp³-hybridized carbons (Fsp3) is 0.429. The summed E-state index contributed by atoms with van der Waals surface area (Å²) >= 11 is 0. The molecule has 5 heteroatoms. The Balaban J connectivity index is 2.98. The van der Waals surface area contributed by atoms with Crippen LogP contribution >= 0.6 is 0 Å². The van der Waals surface area contributed by atoms with Gasteiger partial charge < -0.3 is 15.2 Å². The summed E-state index contributed by atoms with van der Waals surface area (Å²) in [6.07, 6.45) is 0.297. The molecule has 104 valence electrons. The van der Waals surface area contributed by atoms with Gasteiger partial charge in [0, 0.05) is 0 Å². The number of carboxylic acids is 1. The monoisotopic (exact) mass is 265 g/mol. The first-order valence-electron chi connectivity index (χ1n) is 6.22. The summed E-state index contributed by atoms with van der Waals surface area (Å²) in [7, 11) is 0. The first-order valence-corrected chi connectivity index (χ1v) is 6.22. The topological polar surface area (TPSA) is 75.6 Å². The van der Waals surface area contributed by atoms with Crippen LogP contribution in [0.25, 0.3) is 0 Å². The number of carboxylic acid groups (broad SMARTS) is 1. The van der Waals surface area contributed by atoms with E-state index < -0.39 is 17.4 Å². The SMILES string of the molecule is CCOc1ccccc1C(=O)NC(C)(CC)C(=O)O. The van der Waals surface area contributed by atoms with Crippen LogP contribution in [0.4, 0.5) is 0 Å². The van der Waals surface area contributed by atoms with Crippen molar-refractivity contribution in [3.63, 3.8) is 0 Å². The Kier molecular flexibility index (Phi) is 4.92.